The molecule has 1 aromatic carbocycles. The standard InChI is InChI=1S/C18H25FO3/c1-12(2)10-18(22-15-7-5-14(20)6-8-15)16-11-13(19)4-9-17(16)21-3/h4,9,11-12,15,18H,5-8,10H2,1-3H3/t18-/m0/s1. The molecular formula is C18H25FO3. The Hall–Kier alpha value is -1.42. The molecule has 3 nitrogen and oxygen atoms in total. The van der Waals surface area contributed by atoms with Gasteiger partial charge in [0.15, 0.2) is 0 Å². The smallest absolute Gasteiger partial charge is 0.133 e. The number of methoxy groups -OCH3 is 1. The number of benzene rings is 1. The molecule has 0 radical (unpaired) electrons. The number of ether oxygens (including phenoxy) is 2. The number of rotatable bonds is 6. The van der Waals surface area contributed by atoms with Crippen LogP contribution in [0.4, 0.5) is 4.39 Å². The van der Waals surface area contributed by atoms with Crippen molar-refractivity contribution in [1.82, 2.24) is 0 Å². The molecular weight excluding hydrogens is 283 g/mol. The van der Waals surface area contributed by atoms with Gasteiger partial charge in [0.05, 0.1) is 19.3 Å². The predicted molar refractivity (Wildman–Crippen MR) is 83.5 cm³/mol. The third-order valence-electron chi connectivity index (χ3n) is 4.07. The summed E-state index contributed by atoms with van der Waals surface area (Å²) in [5.41, 5.74) is 0.758. The molecule has 0 N–H and O–H groups in total. The van der Waals surface area contributed by atoms with Gasteiger partial charge >= 0.3 is 0 Å². The van der Waals surface area contributed by atoms with Crippen molar-refractivity contribution in [2.24, 2.45) is 5.92 Å². The van der Waals surface area contributed by atoms with Gasteiger partial charge in [-0.05, 0) is 43.4 Å². The minimum Gasteiger partial charge on any atom is -0.496 e. The van der Waals surface area contributed by atoms with Gasteiger partial charge in [0, 0.05) is 18.4 Å². The highest BCUT2D eigenvalue weighted by Crippen LogP contribution is 2.35. The van der Waals surface area contributed by atoms with Crippen LogP contribution < -0.4 is 4.74 Å². The van der Waals surface area contributed by atoms with E-state index in [0.29, 0.717) is 30.3 Å². The molecule has 4 heteroatoms. The van der Waals surface area contributed by atoms with Crippen LogP contribution in [-0.4, -0.2) is 19.0 Å². The fraction of sp³-hybridized carbons (Fsp3) is 0.611. The maximum Gasteiger partial charge on any atom is 0.133 e. The molecule has 0 aliphatic heterocycles. The summed E-state index contributed by atoms with van der Waals surface area (Å²) in [6.45, 7) is 4.24. The molecule has 0 bridgehead atoms. The maximum atomic E-state index is 13.7. The van der Waals surface area contributed by atoms with Gasteiger partial charge in [0.1, 0.15) is 17.3 Å². The summed E-state index contributed by atoms with van der Waals surface area (Å²) in [5.74, 6) is 1.10. The minimum absolute atomic E-state index is 0.0643. The van der Waals surface area contributed by atoms with Crippen molar-refractivity contribution >= 4 is 5.78 Å². The summed E-state index contributed by atoms with van der Waals surface area (Å²) in [7, 11) is 1.59. The molecule has 0 spiro atoms. The largest absolute Gasteiger partial charge is 0.496 e. The molecule has 0 heterocycles. The number of carbonyl (C=O) groups is 1. The van der Waals surface area contributed by atoms with Crippen LogP contribution in [0, 0.1) is 11.7 Å². The molecule has 122 valence electrons. The van der Waals surface area contributed by atoms with E-state index in [1.54, 1.807) is 13.2 Å². The highest BCUT2D eigenvalue weighted by molar-refractivity contribution is 5.79. The van der Waals surface area contributed by atoms with Crippen LogP contribution in [0.15, 0.2) is 18.2 Å². The molecule has 0 saturated heterocycles. The first kappa shape index (κ1) is 16.9. The first-order valence-corrected chi connectivity index (χ1v) is 8.00. The lowest BCUT2D eigenvalue weighted by Crippen LogP contribution is -2.24. The zero-order chi connectivity index (χ0) is 16.1. The number of Topliss-reactive ketones (excluding diaryl/α,β-unsaturated/α-hetero) is 1. The molecule has 1 aliphatic rings. The van der Waals surface area contributed by atoms with E-state index in [1.807, 2.05) is 0 Å². The highest BCUT2D eigenvalue weighted by Gasteiger charge is 2.26. The summed E-state index contributed by atoms with van der Waals surface area (Å²) in [6, 6.07) is 4.54. The SMILES string of the molecule is COc1ccc(F)cc1[C@H](CC(C)C)OC1CCC(=O)CC1. The van der Waals surface area contributed by atoms with Crippen molar-refractivity contribution in [3.05, 3.63) is 29.6 Å². The second-order valence-electron chi connectivity index (χ2n) is 6.38. The lowest BCUT2D eigenvalue weighted by molar-refractivity contribution is -0.124. The number of hydrogen-bond acceptors (Lipinski definition) is 3. The van der Waals surface area contributed by atoms with Gasteiger partial charge in [-0.3, -0.25) is 4.79 Å². The number of halogens is 1. The van der Waals surface area contributed by atoms with E-state index >= 15 is 0 Å². The first-order valence-electron chi connectivity index (χ1n) is 8.00. The van der Waals surface area contributed by atoms with Gasteiger partial charge in [-0.1, -0.05) is 13.8 Å². The summed E-state index contributed by atoms with van der Waals surface area (Å²) in [4.78, 5) is 11.4. The van der Waals surface area contributed by atoms with Crippen LogP contribution in [0.25, 0.3) is 0 Å². The van der Waals surface area contributed by atoms with E-state index < -0.39 is 0 Å². The zero-order valence-corrected chi connectivity index (χ0v) is 13.6. The molecule has 0 aromatic heterocycles. The average Bonchev–Trinajstić information content (AvgIpc) is 2.48. The summed E-state index contributed by atoms with van der Waals surface area (Å²) >= 11 is 0. The number of ketones is 1. The first-order chi connectivity index (χ1) is 10.5. The van der Waals surface area contributed by atoms with Gasteiger partial charge in [0.25, 0.3) is 0 Å². The molecule has 1 saturated carbocycles. The number of hydrogen-bond donors (Lipinski definition) is 0. The van der Waals surface area contributed by atoms with Gasteiger partial charge < -0.3 is 9.47 Å². The van der Waals surface area contributed by atoms with Crippen molar-refractivity contribution in [1.29, 1.82) is 0 Å². The summed E-state index contributed by atoms with van der Waals surface area (Å²) in [6.07, 6.45) is 3.33. The molecule has 22 heavy (non-hydrogen) atoms. The Bertz CT molecular complexity index is 503. The third-order valence-corrected chi connectivity index (χ3v) is 4.07. The van der Waals surface area contributed by atoms with Gasteiger partial charge in [-0.15, -0.1) is 0 Å². The lowest BCUT2D eigenvalue weighted by atomic mass is 9.94. The van der Waals surface area contributed by atoms with Crippen LogP contribution in [0.2, 0.25) is 0 Å². The Kier molecular flexibility index (Phi) is 5.95. The Morgan fingerprint density at radius 2 is 1.95 bits per heavy atom. The highest BCUT2D eigenvalue weighted by atomic mass is 19.1. The second kappa shape index (κ2) is 7.73. The Balaban J connectivity index is 2.18. The van der Waals surface area contributed by atoms with Crippen molar-refractivity contribution in [3.8, 4) is 5.75 Å². The fourth-order valence-corrected chi connectivity index (χ4v) is 2.92. The van der Waals surface area contributed by atoms with Crippen molar-refractivity contribution in [2.75, 3.05) is 7.11 Å². The van der Waals surface area contributed by atoms with Gasteiger partial charge in [0.2, 0.25) is 0 Å². The maximum absolute atomic E-state index is 13.7. The zero-order valence-electron chi connectivity index (χ0n) is 13.6. The summed E-state index contributed by atoms with van der Waals surface area (Å²) < 4.78 is 25.3. The Morgan fingerprint density at radius 3 is 2.55 bits per heavy atom. The van der Waals surface area contributed by atoms with E-state index in [9.17, 15) is 9.18 Å². The monoisotopic (exact) mass is 308 g/mol. The van der Waals surface area contributed by atoms with Crippen molar-refractivity contribution < 1.29 is 18.7 Å². The van der Waals surface area contributed by atoms with Crippen molar-refractivity contribution in [3.63, 3.8) is 0 Å². The number of carbonyl (C=O) groups excluding carboxylic acids is 1. The Labute approximate surface area is 131 Å². The quantitative estimate of drug-likeness (QED) is 0.779. The van der Waals surface area contributed by atoms with Crippen molar-refractivity contribution in [2.45, 2.75) is 58.2 Å². The van der Waals surface area contributed by atoms with Crippen LogP contribution >= 0.6 is 0 Å². The third kappa shape index (κ3) is 4.54. The molecule has 0 amide bonds. The molecule has 1 fully saturated rings. The van der Waals surface area contributed by atoms with E-state index in [2.05, 4.69) is 13.8 Å². The normalized spacial score (nSPS) is 17.8. The van der Waals surface area contributed by atoms with Gasteiger partial charge in [-0.25, -0.2) is 4.39 Å². The van der Waals surface area contributed by atoms with Crippen LogP contribution in [0.5, 0.6) is 5.75 Å². The van der Waals surface area contributed by atoms with Crippen LogP contribution in [-0.2, 0) is 9.53 Å². The lowest BCUT2D eigenvalue weighted by Gasteiger charge is -2.29. The Morgan fingerprint density at radius 1 is 1.27 bits per heavy atom. The minimum atomic E-state index is -0.285. The fourth-order valence-electron chi connectivity index (χ4n) is 2.92. The second-order valence-corrected chi connectivity index (χ2v) is 6.38. The predicted octanol–water partition coefficient (Wildman–Crippen LogP) is 4.45. The topological polar surface area (TPSA) is 35.5 Å². The van der Waals surface area contributed by atoms with Crippen LogP contribution in [0.1, 0.15) is 57.6 Å². The molecule has 0 unspecified atom stereocenters. The van der Waals surface area contributed by atoms with Gasteiger partial charge in [-0.2, -0.15) is 0 Å². The van der Waals surface area contributed by atoms with Crippen LogP contribution in [0.3, 0.4) is 0 Å². The van der Waals surface area contributed by atoms with E-state index in [-0.39, 0.29) is 18.0 Å². The molecule has 1 atom stereocenters. The molecule has 1 aromatic rings. The average molecular weight is 308 g/mol. The van der Waals surface area contributed by atoms with E-state index in [1.165, 1.54) is 12.1 Å². The molecule has 2 rings (SSSR count). The van der Waals surface area contributed by atoms with E-state index in [4.69, 9.17) is 9.47 Å². The van der Waals surface area contributed by atoms with E-state index in [0.717, 1.165) is 24.8 Å². The molecule has 1 aliphatic carbocycles. The summed E-state index contributed by atoms with van der Waals surface area (Å²) in [5, 5.41) is 0.